The Labute approximate surface area is 181 Å². The van der Waals surface area contributed by atoms with Crippen LogP contribution in [0.2, 0.25) is 5.02 Å². The molecule has 2 amide bonds. The first-order valence-electron chi connectivity index (χ1n) is 9.75. The maximum Gasteiger partial charge on any atom is 0.278 e. The molecule has 0 saturated carbocycles. The second kappa shape index (κ2) is 9.32. The van der Waals surface area contributed by atoms with Crippen molar-refractivity contribution < 1.29 is 19.4 Å². The van der Waals surface area contributed by atoms with Crippen LogP contribution < -0.4 is 4.74 Å². The molecule has 0 aliphatic carbocycles. The Kier molecular flexibility index (Phi) is 6.80. The first kappa shape index (κ1) is 21.9. The average Bonchev–Trinajstić information content (AvgIpc) is 2.95. The predicted molar refractivity (Wildman–Crippen MR) is 116 cm³/mol. The van der Waals surface area contributed by atoms with Gasteiger partial charge in [0.2, 0.25) is 0 Å². The van der Waals surface area contributed by atoms with Gasteiger partial charge in [-0.25, -0.2) is 0 Å². The Morgan fingerprint density at radius 3 is 2.23 bits per heavy atom. The van der Waals surface area contributed by atoms with Gasteiger partial charge in [0.1, 0.15) is 11.4 Å². The quantitative estimate of drug-likeness (QED) is 0.653. The third-order valence-electron chi connectivity index (χ3n) is 4.73. The molecule has 0 spiro atoms. The molecule has 6 nitrogen and oxygen atoms in total. The Bertz CT molecular complexity index is 952. The molecule has 1 N–H and O–H groups in total. The van der Waals surface area contributed by atoms with E-state index in [1.54, 1.807) is 60.5 Å². The number of rotatable bonds is 8. The molecule has 158 valence electrons. The molecule has 0 radical (unpaired) electrons. The maximum atomic E-state index is 13.3. The second-order valence-corrected chi connectivity index (χ2v) is 7.82. The van der Waals surface area contributed by atoms with Crippen molar-refractivity contribution >= 4 is 29.0 Å². The number of carbonyl (C=O) groups is 2. The largest absolute Gasteiger partial charge is 0.491 e. The van der Waals surface area contributed by atoms with Gasteiger partial charge in [-0.15, -0.1) is 0 Å². The Morgan fingerprint density at radius 1 is 1.03 bits per heavy atom. The van der Waals surface area contributed by atoms with Gasteiger partial charge in [-0.1, -0.05) is 35.9 Å². The van der Waals surface area contributed by atoms with Crippen molar-refractivity contribution in [1.29, 1.82) is 0 Å². The van der Waals surface area contributed by atoms with E-state index in [4.69, 9.17) is 16.3 Å². The minimum absolute atomic E-state index is 0.0332. The summed E-state index contributed by atoms with van der Waals surface area (Å²) in [6, 6.07) is 14.1. The summed E-state index contributed by atoms with van der Waals surface area (Å²) in [5.41, 5.74) is 2.02. The molecule has 1 aliphatic heterocycles. The van der Waals surface area contributed by atoms with Crippen LogP contribution in [-0.4, -0.2) is 53.0 Å². The molecule has 0 bridgehead atoms. The highest BCUT2D eigenvalue weighted by atomic mass is 35.5. The average molecular weight is 429 g/mol. The molecule has 2 aromatic carbocycles. The predicted octanol–water partition coefficient (Wildman–Crippen LogP) is 3.33. The van der Waals surface area contributed by atoms with Crippen LogP contribution in [0.1, 0.15) is 25.0 Å². The van der Waals surface area contributed by atoms with Gasteiger partial charge < -0.3 is 14.7 Å². The van der Waals surface area contributed by atoms with Gasteiger partial charge in [-0.2, -0.15) is 0 Å². The molecule has 0 atom stereocenters. The molecule has 3 rings (SSSR count). The molecule has 0 saturated heterocycles. The Hall–Kier alpha value is -2.83. The number of hydrogen-bond donors (Lipinski definition) is 1. The fourth-order valence-electron chi connectivity index (χ4n) is 3.33. The minimum atomic E-state index is -0.386. The number of aliphatic hydroxyl groups excluding tert-OH is 1. The van der Waals surface area contributed by atoms with Crippen LogP contribution in [0.4, 0.5) is 0 Å². The zero-order chi connectivity index (χ0) is 21.8. The highest BCUT2D eigenvalue weighted by Crippen LogP contribution is 2.33. The molecule has 30 heavy (non-hydrogen) atoms. The topological polar surface area (TPSA) is 70.1 Å². The van der Waals surface area contributed by atoms with Crippen LogP contribution in [0.15, 0.2) is 54.2 Å². The second-order valence-electron chi connectivity index (χ2n) is 7.38. The van der Waals surface area contributed by atoms with Crippen molar-refractivity contribution in [2.24, 2.45) is 0 Å². The monoisotopic (exact) mass is 428 g/mol. The Morgan fingerprint density at radius 2 is 1.67 bits per heavy atom. The lowest BCUT2D eigenvalue weighted by molar-refractivity contribution is -0.138. The number of likely N-dealkylation sites (N-methyl/N-ethyl adjacent to an activating group) is 1. The normalized spacial score (nSPS) is 14.1. The van der Waals surface area contributed by atoms with Gasteiger partial charge in [-0.05, 0) is 49.2 Å². The SMILES string of the molecule is CC(C)Oc1ccc(C2=C(N(C)CCO)C(=O)N(Cc3ccc(Cl)cc3)C2=O)cc1. The van der Waals surface area contributed by atoms with Crippen LogP contribution in [0, 0.1) is 0 Å². The van der Waals surface area contributed by atoms with E-state index in [1.165, 1.54) is 4.90 Å². The molecular formula is C23H25ClN2O4. The highest BCUT2D eigenvalue weighted by molar-refractivity contribution is 6.35. The van der Waals surface area contributed by atoms with Crippen molar-refractivity contribution in [3.63, 3.8) is 0 Å². The Balaban J connectivity index is 1.96. The summed E-state index contributed by atoms with van der Waals surface area (Å²) >= 11 is 5.94. The van der Waals surface area contributed by atoms with Gasteiger partial charge in [0.25, 0.3) is 11.8 Å². The van der Waals surface area contributed by atoms with E-state index in [9.17, 15) is 14.7 Å². The van der Waals surface area contributed by atoms with E-state index in [2.05, 4.69) is 0 Å². The number of ether oxygens (including phenoxy) is 1. The number of nitrogens with zero attached hydrogens (tertiary/aromatic N) is 2. The van der Waals surface area contributed by atoms with Crippen LogP contribution in [-0.2, 0) is 16.1 Å². The van der Waals surface area contributed by atoms with E-state index in [-0.39, 0.29) is 43.3 Å². The highest BCUT2D eigenvalue weighted by Gasteiger charge is 2.40. The van der Waals surface area contributed by atoms with Gasteiger partial charge in [0, 0.05) is 18.6 Å². The summed E-state index contributed by atoms with van der Waals surface area (Å²) < 4.78 is 5.67. The number of aliphatic hydroxyl groups is 1. The number of amides is 2. The summed E-state index contributed by atoms with van der Waals surface area (Å²) in [6.07, 6.45) is 0.0332. The standard InChI is InChI=1S/C23H25ClN2O4/c1-15(2)30-19-10-6-17(7-11-19)20-21(25(3)12-13-27)23(29)26(22(20)28)14-16-4-8-18(24)9-5-16/h4-11,15,27H,12-14H2,1-3H3. The number of carbonyl (C=O) groups excluding carboxylic acids is 2. The summed E-state index contributed by atoms with van der Waals surface area (Å²) in [5.74, 6) is -0.0647. The number of benzene rings is 2. The van der Waals surface area contributed by atoms with Crippen molar-refractivity contribution in [3.05, 3.63) is 70.4 Å². The minimum Gasteiger partial charge on any atom is -0.491 e. The molecular weight excluding hydrogens is 404 g/mol. The van der Waals surface area contributed by atoms with Crippen LogP contribution >= 0.6 is 11.6 Å². The number of halogens is 1. The van der Waals surface area contributed by atoms with Crippen molar-refractivity contribution in [1.82, 2.24) is 9.80 Å². The van der Waals surface area contributed by atoms with Gasteiger partial charge >= 0.3 is 0 Å². The summed E-state index contributed by atoms with van der Waals surface area (Å²) in [7, 11) is 1.69. The molecule has 7 heteroatoms. The smallest absolute Gasteiger partial charge is 0.278 e. The lowest BCUT2D eigenvalue weighted by Gasteiger charge is -2.20. The fraction of sp³-hybridized carbons (Fsp3) is 0.304. The van der Waals surface area contributed by atoms with E-state index in [1.807, 2.05) is 13.8 Å². The van der Waals surface area contributed by atoms with Crippen molar-refractivity contribution in [2.75, 3.05) is 20.2 Å². The molecule has 0 unspecified atom stereocenters. The molecule has 1 aliphatic rings. The van der Waals surface area contributed by atoms with E-state index in [0.29, 0.717) is 21.9 Å². The third-order valence-corrected chi connectivity index (χ3v) is 4.98. The third kappa shape index (κ3) is 4.66. The first-order valence-corrected chi connectivity index (χ1v) is 10.1. The lowest BCUT2D eigenvalue weighted by Crippen LogP contribution is -2.34. The molecule has 0 aromatic heterocycles. The van der Waals surface area contributed by atoms with Gasteiger partial charge in [0.15, 0.2) is 0 Å². The summed E-state index contributed by atoms with van der Waals surface area (Å²) in [6.45, 7) is 4.12. The molecule has 0 fully saturated rings. The van der Waals surface area contributed by atoms with Crippen LogP contribution in [0.25, 0.3) is 5.57 Å². The number of imide groups is 1. The van der Waals surface area contributed by atoms with E-state index >= 15 is 0 Å². The zero-order valence-electron chi connectivity index (χ0n) is 17.3. The van der Waals surface area contributed by atoms with E-state index in [0.717, 1.165) is 5.56 Å². The summed E-state index contributed by atoms with van der Waals surface area (Å²) in [5, 5.41) is 9.94. The lowest BCUT2D eigenvalue weighted by atomic mass is 10.0. The van der Waals surface area contributed by atoms with Crippen molar-refractivity contribution in [2.45, 2.75) is 26.5 Å². The zero-order valence-corrected chi connectivity index (χ0v) is 18.0. The fourth-order valence-corrected chi connectivity index (χ4v) is 3.45. The van der Waals surface area contributed by atoms with Crippen LogP contribution in [0.3, 0.4) is 0 Å². The van der Waals surface area contributed by atoms with Crippen molar-refractivity contribution in [3.8, 4) is 5.75 Å². The van der Waals surface area contributed by atoms with Gasteiger partial charge in [0.05, 0.1) is 24.8 Å². The summed E-state index contributed by atoms with van der Waals surface area (Å²) in [4.78, 5) is 29.3. The number of hydrogen-bond acceptors (Lipinski definition) is 5. The first-order chi connectivity index (χ1) is 14.3. The van der Waals surface area contributed by atoms with Gasteiger partial charge in [-0.3, -0.25) is 14.5 Å². The van der Waals surface area contributed by atoms with E-state index < -0.39 is 0 Å². The maximum absolute atomic E-state index is 13.3. The molecule has 2 aromatic rings. The van der Waals surface area contributed by atoms with Crippen LogP contribution in [0.5, 0.6) is 5.75 Å². The molecule has 1 heterocycles.